The van der Waals surface area contributed by atoms with Crippen LogP contribution in [0.25, 0.3) is 0 Å². The van der Waals surface area contributed by atoms with Crippen molar-refractivity contribution in [3.63, 3.8) is 0 Å². The van der Waals surface area contributed by atoms with Crippen molar-refractivity contribution in [1.82, 2.24) is 0 Å². The van der Waals surface area contributed by atoms with E-state index in [1.54, 1.807) is 19.1 Å². The Hall–Kier alpha value is -2.11. The summed E-state index contributed by atoms with van der Waals surface area (Å²) in [6.07, 6.45) is 3.03. The second-order valence-corrected chi connectivity index (χ2v) is 5.42. The minimum absolute atomic E-state index is 0.0106. The summed E-state index contributed by atoms with van der Waals surface area (Å²) in [5, 5.41) is 23.4. The monoisotopic (exact) mass is 278 g/mol. The van der Waals surface area contributed by atoms with Crippen LogP contribution in [0.3, 0.4) is 0 Å². The molecule has 2 rings (SSSR count). The molecule has 0 radical (unpaired) electrons. The van der Waals surface area contributed by atoms with Crippen LogP contribution >= 0.6 is 0 Å². The zero-order valence-corrected chi connectivity index (χ0v) is 11.4. The smallest absolute Gasteiger partial charge is 0.311 e. The standard InChI is InChI=1S/C14H18N2O4/c1-10-4-5-11(12(8-10)16(19)20)15-9-14(13(17)18)6-2-3-7-14/h4-5,8,15H,2-3,6-7,9H2,1H3,(H,17,18). The normalized spacial score (nSPS) is 16.9. The number of aryl methyl sites for hydroxylation is 1. The predicted molar refractivity (Wildman–Crippen MR) is 74.9 cm³/mol. The Balaban J connectivity index is 2.18. The largest absolute Gasteiger partial charge is 0.481 e. The van der Waals surface area contributed by atoms with E-state index in [9.17, 15) is 20.0 Å². The van der Waals surface area contributed by atoms with Crippen LogP contribution in [0.5, 0.6) is 0 Å². The highest BCUT2D eigenvalue weighted by Crippen LogP contribution is 2.39. The predicted octanol–water partition coefficient (Wildman–Crippen LogP) is 2.96. The highest BCUT2D eigenvalue weighted by molar-refractivity contribution is 5.76. The number of anilines is 1. The van der Waals surface area contributed by atoms with Crippen molar-refractivity contribution in [3.8, 4) is 0 Å². The molecular formula is C14H18N2O4. The Labute approximate surface area is 117 Å². The molecule has 108 valence electrons. The van der Waals surface area contributed by atoms with Crippen molar-refractivity contribution in [2.45, 2.75) is 32.6 Å². The Morgan fingerprint density at radius 2 is 2.10 bits per heavy atom. The number of aliphatic carboxylic acids is 1. The summed E-state index contributed by atoms with van der Waals surface area (Å²) in [6.45, 7) is 2.01. The molecule has 0 aromatic heterocycles. The number of nitro groups is 1. The number of benzene rings is 1. The van der Waals surface area contributed by atoms with Crippen LogP contribution < -0.4 is 5.32 Å². The third-order valence-corrected chi connectivity index (χ3v) is 3.98. The highest BCUT2D eigenvalue weighted by Gasteiger charge is 2.41. The SMILES string of the molecule is Cc1ccc(NCC2(C(=O)O)CCCC2)c([N+](=O)[O-])c1. The van der Waals surface area contributed by atoms with Crippen molar-refractivity contribution in [1.29, 1.82) is 0 Å². The molecule has 6 nitrogen and oxygen atoms in total. The van der Waals surface area contributed by atoms with E-state index in [-0.39, 0.29) is 12.2 Å². The first-order chi connectivity index (χ1) is 9.44. The van der Waals surface area contributed by atoms with Crippen molar-refractivity contribution >= 4 is 17.3 Å². The summed E-state index contributed by atoms with van der Waals surface area (Å²) >= 11 is 0. The maximum Gasteiger partial charge on any atom is 0.311 e. The number of hydrogen-bond acceptors (Lipinski definition) is 4. The molecule has 0 aliphatic heterocycles. The van der Waals surface area contributed by atoms with Gasteiger partial charge >= 0.3 is 5.97 Å². The van der Waals surface area contributed by atoms with Gasteiger partial charge in [-0.1, -0.05) is 18.9 Å². The first-order valence-electron chi connectivity index (χ1n) is 6.67. The van der Waals surface area contributed by atoms with Crippen molar-refractivity contribution < 1.29 is 14.8 Å². The minimum Gasteiger partial charge on any atom is -0.481 e. The summed E-state index contributed by atoms with van der Waals surface area (Å²) in [7, 11) is 0. The molecule has 20 heavy (non-hydrogen) atoms. The molecule has 1 fully saturated rings. The van der Waals surface area contributed by atoms with Crippen LogP contribution in [0.2, 0.25) is 0 Å². The molecule has 0 heterocycles. The van der Waals surface area contributed by atoms with Crippen LogP contribution in [0.1, 0.15) is 31.2 Å². The number of carbonyl (C=O) groups is 1. The van der Waals surface area contributed by atoms with E-state index in [1.807, 2.05) is 0 Å². The van der Waals surface area contributed by atoms with Gasteiger partial charge in [0.1, 0.15) is 5.69 Å². The third kappa shape index (κ3) is 2.74. The Kier molecular flexibility index (Phi) is 3.92. The summed E-state index contributed by atoms with van der Waals surface area (Å²) in [5.41, 5.74) is 0.381. The summed E-state index contributed by atoms with van der Waals surface area (Å²) in [5.74, 6) is -0.822. The van der Waals surface area contributed by atoms with E-state index >= 15 is 0 Å². The van der Waals surface area contributed by atoms with E-state index in [0.717, 1.165) is 18.4 Å². The molecule has 0 amide bonds. The number of nitrogens with one attached hydrogen (secondary N) is 1. The second-order valence-electron chi connectivity index (χ2n) is 5.42. The van der Waals surface area contributed by atoms with Gasteiger partial charge in [-0.05, 0) is 31.4 Å². The lowest BCUT2D eigenvalue weighted by molar-refractivity contribution is -0.384. The highest BCUT2D eigenvalue weighted by atomic mass is 16.6. The van der Waals surface area contributed by atoms with Gasteiger partial charge in [0, 0.05) is 12.6 Å². The first kappa shape index (κ1) is 14.3. The van der Waals surface area contributed by atoms with Gasteiger partial charge in [0.25, 0.3) is 5.69 Å². The van der Waals surface area contributed by atoms with Gasteiger partial charge in [-0.25, -0.2) is 0 Å². The van der Waals surface area contributed by atoms with Crippen LogP contribution in [-0.4, -0.2) is 22.5 Å². The molecule has 1 saturated carbocycles. The van der Waals surface area contributed by atoms with Gasteiger partial charge in [0.05, 0.1) is 10.3 Å². The summed E-state index contributed by atoms with van der Waals surface area (Å²) in [4.78, 5) is 22.0. The van der Waals surface area contributed by atoms with Crippen LogP contribution in [0.4, 0.5) is 11.4 Å². The lowest BCUT2D eigenvalue weighted by Crippen LogP contribution is -2.35. The van der Waals surface area contributed by atoms with Gasteiger partial charge in [0.15, 0.2) is 0 Å². The molecule has 0 unspecified atom stereocenters. The van der Waals surface area contributed by atoms with E-state index < -0.39 is 16.3 Å². The Morgan fingerprint density at radius 1 is 1.45 bits per heavy atom. The third-order valence-electron chi connectivity index (χ3n) is 3.98. The quantitative estimate of drug-likeness (QED) is 0.638. The van der Waals surface area contributed by atoms with Crippen LogP contribution in [0, 0.1) is 22.5 Å². The molecule has 0 atom stereocenters. The molecule has 0 saturated heterocycles. The fourth-order valence-electron chi connectivity index (χ4n) is 2.72. The van der Waals surface area contributed by atoms with Gasteiger partial charge in [-0.15, -0.1) is 0 Å². The summed E-state index contributed by atoms with van der Waals surface area (Å²) < 4.78 is 0. The van der Waals surface area contributed by atoms with Crippen molar-refractivity contribution in [3.05, 3.63) is 33.9 Å². The van der Waals surface area contributed by atoms with Gasteiger partial charge in [-0.2, -0.15) is 0 Å². The molecule has 6 heteroatoms. The maximum absolute atomic E-state index is 11.4. The number of nitro benzene ring substituents is 1. The Morgan fingerprint density at radius 3 is 2.65 bits per heavy atom. The molecule has 1 aliphatic carbocycles. The minimum atomic E-state index is -0.822. The molecular weight excluding hydrogens is 260 g/mol. The van der Waals surface area contributed by atoms with Gasteiger partial charge < -0.3 is 10.4 Å². The molecule has 1 aliphatic rings. The van der Waals surface area contributed by atoms with E-state index in [2.05, 4.69) is 5.32 Å². The van der Waals surface area contributed by atoms with Gasteiger partial charge in [0.2, 0.25) is 0 Å². The number of hydrogen-bond donors (Lipinski definition) is 2. The lowest BCUT2D eigenvalue weighted by atomic mass is 9.86. The number of carboxylic acid groups (broad SMARTS) is 1. The molecule has 0 spiro atoms. The molecule has 2 N–H and O–H groups in total. The Bertz CT molecular complexity index is 536. The number of nitrogens with zero attached hydrogens (tertiary/aromatic N) is 1. The zero-order valence-electron chi connectivity index (χ0n) is 11.4. The average Bonchev–Trinajstić information content (AvgIpc) is 2.87. The van der Waals surface area contributed by atoms with Crippen molar-refractivity contribution in [2.24, 2.45) is 5.41 Å². The molecule has 1 aromatic carbocycles. The molecule has 1 aromatic rings. The molecule has 0 bridgehead atoms. The number of carboxylic acids is 1. The number of rotatable bonds is 5. The fourth-order valence-corrected chi connectivity index (χ4v) is 2.72. The summed E-state index contributed by atoms with van der Waals surface area (Å²) in [6, 6.07) is 4.90. The van der Waals surface area contributed by atoms with Crippen molar-refractivity contribution in [2.75, 3.05) is 11.9 Å². The average molecular weight is 278 g/mol. The lowest BCUT2D eigenvalue weighted by Gasteiger charge is -2.24. The van der Waals surface area contributed by atoms with Crippen LogP contribution in [-0.2, 0) is 4.79 Å². The van der Waals surface area contributed by atoms with Gasteiger partial charge in [-0.3, -0.25) is 14.9 Å². The van der Waals surface area contributed by atoms with Crippen LogP contribution in [0.15, 0.2) is 18.2 Å². The second kappa shape index (κ2) is 5.48. The topological polar surface area (TPSA) is 92.5 Å². The maximum atomic E-state index is 11.4. The fraction of sp³-hybridized carbons (Fsp3) is 0.500. The van der Waals surface area contributed by atoms with E-state index in [1.165, 1.54) is 6.07 Å². The van der Waals surface area contributed by atoms with E-state index in [4.69, 9.17) is 0 Å². The zero-order chi connectivity index (χ0) is 14.8. The van der Waals surface area contributed by atoms with E-state index in [0.29, 0.717) is 18.5 Å². The first-order valence-corrected chi connectivity index (χ1v) is 6.67.